The van der Waals surface area contributed by atoms with Crippen LogP contribution in [0.5, 0.6) is 0 Å². The summed E-state index contributed by atoms with van der Waals surface area (Å²) in [5, 5.41) is 11.6. The van der Waals surface area contributed by atoms with E-state index in [4.69, 9.17) is 11.6 Å². The van der Waals surface area contributed by atoms with Gasteiger partial charge in [0.25, 0.3) is 0 Å². The SMILES string of the molecule is Cc1ccc(-c2ccc([C@@H](c3cccc(F)c3)C(C)C(=O)Nc3nncs3)s2)cc1Cl.O=CN1CCCC1. The maximum atomic E-state index is 14.0. The van der Waals surface area contributed by atoms with Gasteiger partial charge in [-0.15, -0.1) is 21.5 Å². The van der Waals surface area contributed by atoms with Gasteiger partial charge in [-0.3, -0.25) is 9.59 Å². The van der Waals surface area contributed by atoms with Gasteiger partial charge in [0.05, 0.1) is 0 Å². The highest BCUT2D eigenvalue weighted by Gasteiger charge is 2.29. The molecule has 38 heavy (non-hydrogen) atoms. The first-order chi connectivity index (χ1) is 18.4. The molecule has 1 fully saturated rings. The number of anilines is 1. The van der Waals surface area contributed by atoms with Gasteiger partial charge in [0.2, 0.25) is 17.4 Å². The van der Waals surface area contributed by atoms with Gasteiger partial charge in [0.15, 0.2) is 0 Å². The molecule has 3 heterocycles. The number of carbonyl (C=O) groups is 2. The number of halogens is 2. The van der Waals surface area contributed by atoms with E-state index in [1.165, 1.54) is 36.3 Å². The molecule has 2 aromatic carbocycles. The van der Waals surface area contributed by atoms with E-state index in [1.807, 2.05) is 50.2 Å². The Morgan fingerprint density at radius 1 is 1.16 bits per heavy atom. The van der Waals surface area contributed by atoms with Crippen molar-refractivity contribution in [3.05, 3.63) is 87.0 Å². The van der Waals surface area contributed by atoms with E-state index in [1.54, 1.807) is 27.8 Å². The number of likely N-dealkylation sites (tertiary alicyclic amines) is 1. The smallest absolute Gasteiger partial charge is 0.230 e. The van der Waals surface area contributed by atoms with Crippen LogP contribution < -0.4 is 5.32 Å². The molecule has 4 aromatic rings. The topological polar surface area (TPSA) is 75.2 Å². The highest BCUT2D eigenvalue weighted by atomic mass is 35.5. The fourth-order valence-electron chi connectivity index (χ4n) is 4.27. The summed E-state index contributed by atoms with van der Waals surface area (Å²) in [5.41, 5.74) is 4.33. The lowest BCUT2D eigenvalue weighted by Crippen LogP contribution is -2.26. The van der Waals surface area contributed by atoms with Gasteiger partial charge in [-0.2, -0.15) is 0 Å². The molecule has 198 valence electrons. The molecule has 1 aliphatic rings. The fourth-order valence-corrected chi connectivity index (χ4v) is 6.13. The van der Waals surface area contributed by atoms with Gasteiger partial charge in [-0.1, -0.05) is 54.1 Å². The molecule has 1 N–H and O–H groups in total. The lowest BCUT2D eigenvalue weighted by molar-refractivity contribution is -0.119. The van der Waals surface area contributed by atoms with Crippen molar-refractivity contribution in [2.24, 2.45) is 5.92 Å². The van der Waals surface area contributed by atoms with Gasteiger partial charge in [-0.25, -0.2) is 4.39 Å². The zero-order chi connectivity index (χ0) is 27.1. The Kier molecular flexibility index (Phi) is 9.60. The van der Waals surface area contributed by atoms with E-state index in [2.05, 4.69) is 15.5 Å². The zero-order valence-electron chi connectivity index (χ0n) is 21.1. The molecule has 2 aromatic heterocycles. The maximum absolute atomic E-state index is 14.0. The van der Waals surface area contributed by atoms with Crippen molar-refractivity contribution in [1.82, 2.24) is 15.1 Å². The number of aromatic nitrogens is 2. The van der Waals surface area contributed by atoms with E-state index in [0.29, 0.717) is 10.2 Å². The number of nitrogens with one attached hydrogen (secondary N) is 1. The third-order valence-electron chi connectivity index (χ3n) is 6.39. The molecule has 6 nitrogen and oxygen atoms in total. The number of hydrogen-bond acceptors (Lipinski definition) is 6. The first-order valence-electron chi connectivity index (χ1n) is 12.2. The van der Waals surface area contributed by atoms with Crippen LogP contribution in [0, 0.1) is 18.7 Å². The van der Waals surface area contributed by atoms with Gasteiger partial charge < -0.3 is 10.2 Å². The summed E-state index contributed by atoms with van der Waals surface area (Å²) < 4.78 is 14.0. The van der Waals surface area contributed by atoms with Gasteiger partial charge >= 0.3 is 0 Å². The van der Waals surface area contributed by atoms with Crippen molar-refractivity contribution in [3.8, 4) is 10.4 Å². The standard InChI is InChI=1S/C23H19ClFN3OS2.C5H9NO/c1-13-6-7-15(11-18(13)24)19-8-9-20(31-19)21(16-4-3-5-17(25)10-16)14(2)22(29)27-23-28-26-12-30-23;7-5-6-3-1-2-4-6/h3-12,14,21H,1-2H3,(H,27,28,29);5H,1-4H2/t14?,21-;/m1./s1. The van der Waals surface area contributed by atoms with E-state index >= 15 is 0 Å². The Bertz CT molecular complexity index is 1370. The number of benzene rings is 2. The zero-order valence-corrected chi connectivity index (χ0v) is 23.5. The first-order valence-corrected chi connectivity index (χ1v) is 14.3. The molecule has 2 atom stereocenters. The third kappa shape index (κ3) is 7.03. The van der Waals surface area contributed by atoms with Gasteiger partial charge in [0, 0.05) is 39.7 Å². The normalized spacial score (nSPS) is 14.4. The van der Waals surface area contributed by atoms with Crippen molar-refractivity contribution in [3.63, 3.8) is 0 Å². The number of hydrogen-bond donors (Lipinski definition) is 1. The quantitative estimate of drug-likeness (QED) is 0.242. The Labute approximate surface area is 234 Å². The van der Waals surface area contributed by atoms with Crippen LogP contribution in [-0.2, 0) is 9.59 Å². The number of carbonyl (C=O) groups excluding carboxylic acids is 2. The monoisotopic (exact) mass is 570 g/mol. The second-order valence-electron chi connectivity index (χ2n) is 9.07. The molecule has 0 saturated carbocycles. The number of amides is 2. The Hall–Kier alpha value is -3.14. The molecule has 5 rings (SSSR count). The van der Waals surface area contributed by atoms with Gasteiger partial charge in [-0.05, 0) is 66.8 Å². The molecule has 1 unspecified atom stereocenters. The molecule has 0 spiro atoms. The molecular formula is C28H28ClFN4O2S2. The summed E-state index contributed by atoms with van der Waals surface area (Å²) in [4.78, 5) is 26.7. The summed E-state index contributed by atoms with van der Waals surface area (Å²) in [6.07, 6.45) is 3.31. The predicted octanol–water partition coefficient (Wildman–Crippen LogP) is 7.01. The van der Waals surface area contributed by atoms with Gasteiger partial charge in [0.1, 0.15) is 11.3 Å². The van der Waals surface area contributed by atoms with Crippen LogP contribution in [0.4, 0.5) is 9.52 Å². The minimum absolute atomic E-state index is 0.195. The van der Waals surface area contributed by atoms with Crippen molar-refractivity contribution in [1.29, 1.82) is 0 Å². The number of rotatable bonds is 7. The molecule has 0 aliphatic carbocycles. The minimum Gasteiger partial charge on any atom is -0.345 e. The molecular weight excluding hydrogens is 543 g/mol. The Morgan fingerprint density at radius 2 is 1.95 bits per heavy atom. The Morgan fingerprint density at radius 3 is 2.58 bits per heavy atom. The molecule has 1 saturated heterocycles. The fraction of sp³-hybridized carbons (Fsp3) is 0.286. The third-order valence-corrected chi connectivity index (χ3v) is 8.62. The van der Waals surface area contributed by atoms with E-state index < -0.39 is 5.92 Å². The van der Waals surface area contributed by atoms with Crippen LogP contribution in [0.15, 0.2) is 60.1 Å². The van der Waals surface area contributed by atoms with E-state index in [9.17, 15) is 14.0 Å². The second kappa shape index (κ2) is 13.1. The minimum atomic E-state index is -0.459. The largest absolute Gasteiger partial charge is 0.345 e. The van der Waals surface area contributed by atoms with E-state index in [-0.39, 0.29) is 17.6 Å². The average molecular weight is 571 g/mol. The highest BCUT2D eigenvalue weighted by molar-refractivity contribution is 7.15. The number of thiophene rings is 1. The van der Waals surface area contributed by atoms with E-state index in [0.717, 1.165) is 45.9 Å². The highest BCUT2D eigenvalue weighted by Crippen LogP contribution is 2.40. The summed E-state index contributed by atoms with van der Waals surface area (Å²) in [5.74, 6) is -1.30. The van der Waals surface area contributed by atoms with Crippen LogP contribution in [-0.4, -0.2) is 40.5 Å². The summed E-state index contributed by atoms with van der Waals surface area (Å²) >= 11 is 9.14. The van der Waals surface area contributed by atoms with Crippen molar-refractivity contribution in [2.45, 2.75) is 32.6 Å². The number of nitrogens with zero attached hydrogens (tertiary/aromatic N) is 3. The van der Waals surface area contributed by atoms with Crippen molar-refractivity contribution in [2.75, 3.05) is 18.4 Å². The lowest BCUT2D eigenvalue weighted by Gasteiger charge is -2.22. The van der Waals surface area contributed by atoms with Crippen LogP contribution in [0.1, 0.15) is 41.7 Å². The average Bonchev–Trinajstić information content (AvgIpc) is 3.70. The first kappa shape index (κ1) is 27.9. The summed E-state index contributed by atoms with van der Waals surface area (Å²) in [6, 6.07) is 16.4. The molecule has 2 amide bonds. The van der Waals surface area contributed by atoms with Crippen LogP contribution in [0.2, 0.25) is 5.02 Å². The predicted molar refractivity (Wildman–Crippen MR) is 152 cm³/mol. The Balaban J connectivity index is 0.000000417. The number of aryl methyl sites for hydroxylation is 1. The summed E-state index contributed by atoms with van der Waals surface area (Å²) in [6.45, 7) is 5.76. The van der Waals surface area contributed by atoms with Crippen molar-refractivity contribution < 1.29 is 14.0 Å². The van der Waals surface area contributed by atoms with Crippen LogP contribution in [0.3, 0.4) is 0 Å². The molecule has 0 radical (unpaired) electrons. The second-order valence-corrected chi connectivity index (χ2v) is 11.4. The maximum Gasteiger partial charge on any atom is 0.230 e. The lowest BCUT2D eigenvalue weighted by atomic mass is 9.85. The molecule has 0 bridgehead atoms. The van der Waals surface area contributed by atoms with Crippen LogP contribution >= 0.6 is 34.3 Å². The van der Waals surface area contributed by atoms with Crippen LogP contribution in [0.25, 0.3) is 10.4 Å². The van der Waals surface area contributed by atoms with Crippen molar-refractivity contribution >= 4 is 51.7 Å². The molecule has 10 heteroatoms. The molecule has 1 aliphatic heterocycles. The summed E-state index contributed by atoms with van der Waals surface area (Å²) in [7, 11) is 0.